The Morgan fingerprint density at radius 3 is 2.53 bits per heavy atom. The molecule has 106 valence electrons. The van der Waals surface area contributed by atoms with Crippen molar-refractivity contribution < 1.29 is 13.9 Å². The van der Waals surface area contributed by atoms with Crippen molar-refractivity contribution in [3.8, 4) is 5.75 Å². The van der Waals surface area contributed by atoms with Crippen LogP contribution < -0.4 is 4.74 Å². The van der Waals surface area contributed by atoms with Gasteiger partial charge < -0.3 is 14.5 Å². The van der Waals surface area contributed by atoms with Crippen LogP contribution in [0.1, 0.15) is 25.5 Å². The number of nitrogens with zero attached hydrogens (tertiary/aromatic N) is 2. The molecule has 1 aromatic rings. The molecular weight excluding hydrogens is 247 g/mol. The predicted molar refractivity (Wildman–Crippen MR) is 72.8 cm³/mol. The Balaban J connectivity index is 2.93. The molecule has 1 atom stereocenters. The van der Waals surface area contributed by atoms with E-state index in [1.54, 1.807) is 13.1 Å². The molecule has 1 amide bonds. The van der Waals surface area contributed by atoms with Crippen LogP contribution in [-0.2, 0) is 0 Å². The first-order valence-corrected chi connectivity index (χ1v) is 6.25. The third kappa shape index (κ3) is 3.92. The second kappa shape index (κ2) is 6.52. The minimum absolute atomic E-state index is 0.0949. The molecule has 0 aliphatic carbocycles. The first-order valence-electron chi connectivity index (χ1n) is 6.25. The van der Waals surface area contributed by atoms with E-state index in [0.717, 1.165) is 0 Å². The van der Waals surface area contributed by atoms with Crippen molar-refractivity contribution >= 4 is 6.09 Å². The summed E-state index contributed by atoms with van der Waals surface area (Å²) < 4.78 is 19.0. The van der Waals surface area contributed by atoms with E-state index in [0.29, 0.717) is 17.9 Å². The van der Waals surface area contributed by atoms with E-state index in [1.165, 1.54) is 17.0 Å². The van der Waals surface area contributed by atoms with Gasteiger partial charge in [0.15, 0.2) is 0 Å². The van der Waals surface area contributed by atoms with Gasteiger partial charge in [-0.2, -0.15) is 0 Å². The van der Waals surface area contributed by atoms with Crippen LogP contribution >= 0.6 is 0 Å². The zero-order valence-electron chi connectivity index (χ0n) is 12.1. The Kier molecular flexibility index (Phi) is 5.30. The molecule has 0 aliphatic heterocycles. The van der Waals surface area contributed by atoms with Gasteiger partial charge in [0.25, 0.3) is 0 Å². The van der Waals surface area contributed by atoms with E-state index in [4.69, 9.17) is 4.74 Å². The van der Waals surface area contributed by atoms with Gasteiger partial charge in [-0.25, -0.2) is 9.18 Å². The lowest BCUT2D eigenvalue weighted by Gasteiger charge is -2.21. The molecule has 0 heterocycles. The van der Waals surface area contributed by atoms with Crippen molar-refractivity contribution in [2.75, 3.05) is 27.7 Å². The summed E-state index contributed by atoms with van der Waals surface area (Å²) in [6.45, 7) is 4.30. The molecule has 0 saturated heterocycles. The van der Waals surface area contributed by atoms with Crippen LogP contribution in [-0.4, -0.2) is 43.6 Å². The summed E-state index contributed by atoms with van der Waals surface area (Å²) in [5.41, 5.74) is 0.509. The topological polar surface area (TPSA) is 32.8 Å². The molecule has 0 aromatic heterocycles. The summed E-state index contributed by atoms with van der Waals surface area (Å²) in [5.74, 6) is 0.0558. The minimum atomic E-state index is -0.447. The van der Waals surface area contributed by atoms with Crippen LogP contribution in [0.4, 0.5) is 9.18 Å². The van der Waals surface area contributed by atoms with Crippen molar-refractivity contribution in [1.82, 2.24) is 9.80 Å². The number of rotatable bonds is 4. The number of carbonyl (C=O) groups is 1. The highest BCUT2D eigenvalue weighted by molar-refractivity contribution is 5.70. The largest absolute Gasteiger partial charge is 0.414 e. The first-order chi connectivity index (χ1) is 8.86. The molecule has 5 heteroatoms. The van der Waals surface area contributed by atoms with Crippen molar-refractivity contribution in [3.05, 3.63) is 29.6 Å². The summed E-state index contributed by atoms with van der Waals surface area (Å²) in [4.78, 5) is 15.0. The fourth-order valence-electron chi connectivity index (χ4n) is 1.49. The highest BCUT2D eigenvalue weighted by atomic mass is 19.1. The molecule has 19 heavy (non-hydrogen) atoms. The molecule has 1 aromatic carbocycles. The minimum Gasteiger partial charge on any atom is -0.410 e. The average molecular weight is 268 g/mol. The first kappa shape index (κ1) is 15.4. The number of hydrogen-bond acceptors (Lipinski definition) is 3. The summed E-state index contributed by atoms with van der Waals surface area (Å²) in [6.07, 6.45) is -0.447. The molecule has 4 nitrogen and oxygen atoms in total. The molecule has 0 N–H and O–H groups in total. The SMILES string of the molecule is CCN(C)C(=O)Oc1ccc(F)c(C(C)N(C)C)c1. The standard InChI is InChI=1S/C14H21FN2O2/c1-6-17(5)14(18)19-11-7-8-13(15)12(9-11)10(2)16(3)4/h7-10H,6H2,1-5H3. The van der Waals surface area contributed by atoms with Crippen LogP contribution in [0.15, 0.2) is 18.2 Å². The maximum absolute atomic E-state index is 13.8. The zero-order chi connectivity index (χ0) is 14.6. The fourth-order valence-corrected chi connectivity index (χ4v) is 1.49. The Hall–Kier alpha value is -1.62. The fraction of sp³-hybridized carbons (Fsp3) is 0.500. The zero-order valence-corrected chi connectivity index (χ0v) is 12.1. The van der Waals surface area contributed by atoms with Gasteiger partial charge in [0, 0.05) is 25.2 Å². The van der Waals surface area contributed by atoms with Gasteiger partial charge in [-0.1, -0.05) is 0 Å². The third-order valence-electron chi connectivity index (χ3n) is 3.18. The molecule has 0 fully saturated rings. The van der Waals surface area contributed by atoms with Crippen LogP contribution in [0.5, 0.6) is 5.75 Å². The smallest absolute Gasteiger partial charge is 0.410 e. The number of ether oxygens (including phenoxy) is 1. The predicted octanol–water partition coefficient (Wildman–Crippen LogP) is 2.90. The molecule has 1 unspecified atom stereocenters. The molecule has 1 rings (SSSR count). The highest BCUT2D eigenvalue weighted by Gasteiger charge is 2.16. The van der Waals surface area contributed by atoms with Gasteiger partial charge >= 0.3 is 6.09 Å². The lowest BCUT2D eigenvalue weighted by atomic mass is 10.1. The number of hydrogen-bond donors (Lipinski definition) is 0. The quantitative estimate of drug-likeness (QED) is 0.841. The van der Waals surface area contributed by atoms with Crippen LogP contribution in [0.3, 0.4) is 0 Å². The van der Waals surface area contributed by atoms with Crippen molar-refractivity contribution in [2.24, 2.45) is 0 Å². The summed E-state index contributed by atoms with van der Waals surface area (Å²) in [6, 6.07) is 4.26. The van der Waals surface area contributed by atoms with Crippen molar-refractivity contribution in [1.29, 1.82) is 0 Å². The average Bonchev–Trinajstić information content (AvgIpc) is 2.38. The molecule has 0 aliphatic rings. The second-order valence-electron chi connectivity index (χ2n) is 4.71. The molecule has 0 saturated carbocycles. The van der Waals surface area contributed by atoms with Gasteiger partial charge in [0.05, 0.1) is 0 Å². The Morgan fingerprint density at radius 1 is 1.37 bits per heavy atom. The molecule has 0 radical (unpaired) electrons. The maximum Gasteiger partial charge on any atom is 0.414 e. The van der Waals surface area contributed by atoms with E-state index in [2.05, 4.69) is 0 Å². The van der Waals surface area contributed by atoms with Gasteiger partial charge in [0.2, 0.25) is 0 Å². The highest BCUT2D eigenvalue weighted by Crippen LogP contribution is 2.25. The molecule has 0 bridgehead atoms. The summed E-state index contributed by atoms with van der Waals surface area (Å²) in [7, 11) is 5.39. The van der Waals surface area contributed by atoms with Crippen LogP contribution in [0, 0.1) is 5.82 Å². The summed E-state index contributed by atoms with van der Waals surface area (Å²) in [5, 5.41) is 0. The number of halogens is 1. The van der Waals surface area contributed by atoms with E-state index in [1.807, 2.05) is 32.8 Å². The Morgan fingerprint density at radius 2 is 2.00 bits per heavy atom. The monoisotopic (exact) mass is 268 g/mol. The summed E-state index contributed by atoms with van der Waals surface area (Å²) >= 11 is 0. The molecule has 0 spiro atoms. The van der Waals surface area contributed by atoms with E-state index < -0.39 is 6.09 Å². The normalized spacial score (nSPS) is 12.4. The lowest BCUT2D eigenvalue weighted by molar-refractivity contribution is 0.165. The van der Waals surface area contributed by atoms with E-state index >= 15 is 0 Å². The van der Waals surface area contributed by atoms with Crippen molar-refractivity contribution in [3.63, 3.8) is 0 Å². The van der Waals surface area contributed by atoms with Crippen molar-refractivity contribution in [2.45, 2.75) is 19.9 Å². The van der Waals surface area contributed by atoms with Gasteiger partial charge in [-0.15, -0.1) is 0 Å². The van der Waals surface area contributed by atoms with Gasteiger partial charge in [0.1, 0.15) is 11.6 Å². The number of carbonyl (C=O) groups excluding carboxylic acids is 1. The lowest BCUT2D eigenvalue weighted by Crippen LogP contribution is -2.29. The van der Waals surface area contributed by atoms with Gasteiger partial charge in [-0.05, 0) is 46.1 Å². The third-order valence-corrected chi connectivity index (χ3v) is 3.18. The van der Waals surface area contributed by atoms with E-state index in [9.17, 15) is 9.18 Å². The second-order valence-corrected chi connectivity index (χ2v) is 4.71. The number of amides is 1. The Labute approximate surface area is 113 Å². The van der Waals surface area contributed by atoms with Gasteiger partial charge in [-0.3, -0.25) is 0 Å². The van der Waals surface area contributed by atoms with Crippen LogP contribution in [0.2, 0.25) is 0 Å². The van der Waals surface area contributed by atoms with E-state index in [-0.39, 0.29) is 11.9 Å². The molecular formula is C14H21FN2O2. The maximum atomic E-state index is 13.8. The number of benzene rings is 1. The van der Waals surface area contributed by atoms with Crippen LogP contribution in [0.25, 0.3) is 0 Å². The Bertz CT molecular complexity index is 449.